The van der Waals surface area contributed by atoms with E-state index in [4.69, 9.17) is 8.22 Å². The fourth-order valence-electron chi connectivity index (χ4n) is 0.224. The summed E-state index contributed by atoms with van der Waals surface area (Å²) in [6, 6.07) is 0. The molecule has 0 heterocycles. The van der Waals surface area contributed by atoms with Crippen LogP contribution in [0.5, 0.6) is 0 Å². The molecule has 0 aliphatic heterocycles. The van der Waals surface area contributed by atoms with E-state index in [1.165, 1.54) is 0 Å². The SMILES string of the molecule is CCP(=O)(O)CC.[O]=[Ti]. The molecule has 0 aliphatic carbocycles. The van der Waals surface area contributed by atoms with Gasteiger partial charge in [0.05, 0.1) is 0 Å². The van der Waals surface area contributed by atoms with Crippen LogP contribution in [0.4, 0.5) is 0 Å². The molecule has 5 heteroatoms. The van der Waals surface area contributed by atoms with Gasteiger partial charge in [-0.25, -0.2) is 0 Å². The third kappa shape index (κ3) is 8.70. The summed E-state index contributed by atoms with van der Waals surface area (Å²) in [7, 11) is -2.65. The first kappa shape index (κ1) is 12.4. The molecule has 9 heavy (non-hydrogen) atoms. The Bertz CT molecular complexity index is 98.0. The molecule has 0 bridgehead atoms. The summed E-state index contributed by atoms with van der Waals surface area (Å²) in [5, 5.41) is 0. The molecular weight excluding hydrogens is 175 g/mol. The van der Waals surface area contributed by atoms with Crippen molar-refractivity contribution in [2.75, 3.05) is 12.3 Å². The van der Waals surface area contributed by atoms with Gasteiger partial charge in [-0.3, -0.25) is 4.57 Å². The molecule has 0 rings (SSSR count). The summed E-state index contributed by atoms with van der Waals surface area (Å²) in [6.07, 6.45) is 0.812. The standard InChI is InChI=1S/C4H11O2P.O.Ti/c1-3-7(5,6)4-2;;/h3-4H2,1-2H3,(H,5,6);;. The van der Waals surface area contributed by atoms with Crippen LogP contribution < -0.4 is 0 Å². The van der Waals surface area contributed by atoms with Crippen LogP contribution in [0.3, 0.4) is 0 Å². The van der Waals surface area contributed by atoms with Crippen LogP contribution in [0, 0.1) is 0 Å². The molecular formula is C4H11O3PTi. The third-order valence-electron chi connectivity index (χ3n) is 0.988. The monoisotopic (exact) mass is 186 g/mol. The molecule has 3 nitrogen and oxygen atoms in total. The van der Waals surface area contributed by atoms with E-state index < -0.39 is 7.37 Å². The van der Waals surface area contributed by atoms with Gasteiger partial charge in [0.2, 0.25) is 0 Å². The molecule has 0 saturated heterocycles. The van der Waals surface area contributed by atoms with Crippen molar-refractivity contribution in [3.8, 4) is 0 Å². The first-order valence-corrected chi connectivity index (χ1v) is 5.30. The Morgan fingerprint density at radius 2 is 1.56 bits per heavy atom. The van der Waals surface area contributed by atoms with E-state index in [2.05, 4.69) is 0 Å². The maximum absolute atomic E-state index is 10.5. The van der Waals surface area contributed by atoms with Crippen LogP contribution >= 0.6 is 7.37 Å². The predicted octanol–water partition coefficient (Wildman–Crippen LogP) is 1.18. The summed E-state index contributed by atoms with van der Waals surface area (Å²) in [5.74, 6) is 0. The van der Waals surface area contributed by atoms with Crippen molar-refractivity contribution in [3.63, 3.8) is 0 Å². The molecule has 0 aromatic heterocycles. The fraction of sp³-hybridized carbons (Fsp3) is 1.00. The van der Waals surface area contributed by atoms with E-state index in [0.717, 1.165) is 20.4 Å². The average molecular weight is 186 g/mol. The second kappa shape index (κ2) is 6.82. The Hall–Kier alpha value is 0.704. The van der Waals surface area contributed by atoms with Crippen molar-refractivity contribution < 1.29 is 33.2 Å². The molecule has 0 unspecified atom stereocenters. The Labute approximate surface area is 67.0 Å². The molecule has 0 aromatic rings. The molecule has 1 N–H and O–H groups in total. The fourth-order valence-corrected chi connectivity index (χ4v) is 0.671. The van der Waals surface area contributed by atoms with Crippen LogP contribution in [-0.2, 0) is 28.3 Å². The van der Waals surface area contributed by atoms with Gasteiger partial charge in [0.25, 0.3) is 0 Å². The zero-order valence-electron chi connectivity index (χ0n) is 5.63. The average Bonchev–Trinajstić information content (AvgIpc) is 1.93. The zero-order valence-corrected chi connectivity index (χ0v) is 8.08. The summed E-state index contributed by atoms with van der Waals surface area (Å²) in [4.78, 5) is 8.69. The normalized spacial score (nSPS) is 9.56. The molecule has 0 aromatic carbocycles. The van der Waals surface area contributed by atoms with E-state index in [-0.39, 0.29) is 0 Å². The van der Waals surface area contributed by atoms with Crippen molar-refractivity contribution >= 4 is 7.37 Å². The van der Waals surface area contributed by atoms with Gasteiger partial charge in [-0.2, -0.15) is 0 Å². The number of rotatable bonds is 2. The van der Waals surface area contributed by atoms with Crippen molar-refractivity contribution in [1.29, 1.82) is 0 Å². The van der Waals surface area contributed by atoms with Crippen LogP contribution in [-0.4, -0.2) is 17.2 Å². The molecule has 0 spiro atoms. The second-order valence-corrected chi connectivity index (χ2v) is 4.44. The van der Waals surface area contributed by atoms with E-state index in [9.17, 15) is 4.57 Å². The van der Waals surface area contributed by atoms with Gasteiger partial charge in [0.1, 0.15) is 0 Å². The Morgan fingerprint density at radius 3 is 1.56 bits per heavy atom. The van der Waals surface area contributed by atoms with E-state index >= 15 is 0 Å². The molecule has 0 atom stereocenters. The topological polar surface area (TPSA) is 54.4 Å². The van der Waals surface area contributed by atoms with Gasteiger partial charge in [0, 0.05) is 12.3 Å². The predicted molar refractivity (Wildman–Crippen MR) is 31.6 cm³/mol. The molecule has 0 amide bonds. The van der Waals surface area contributed by atoms with E-state index in [1.54, 1.807) is 13.8 Å². The summed E-state index contributed by atoms with van der Waals surface area (Å²) >= 11 is 0.750. The number of hydrogen-bond donors (Lipinski definition) is 1. The van der Waals surface area contributed by atoms with Gasteiger partial charge in [-0.1, -0.05) is 13.8 Å². The number of hydrogen-bond acceptors (Lipinski definition) is 2. The summed E-state index contributed by atoms with van der Waals surface area (Å²) in [5.41, 5.74) is 0. The maximum atomic E-state index is 10.5. The first-order chi connectivity index (χ1) is 4.12. The molecule has 0 fully saturated rings. The van der Waals surface area contributed by atoms with Gasteiger partial charge >= 0.3 is 23.7 Å². The van der Waals surface area contributed by atoms with E-state index in [1.807, 2.05) is 0 Å². The quantitative estimate of drug-likeness (QED) is 0.520. The minimum absolute atomic E-state index is 0.406. The summed E-state index contributed by atoms with van der Waals surface area (Å²) < 4.78 is 18.8. The van der Waals surface area contributed by atoms with Gasteiger partial charge < -0.3 is 4.89 Å². The zero-order chi connectivity index (χ0) is 7.91. The van der Waals surface area contributed by atoms with Crippen molar-refractivity contribution in [1.82, 2.24) is 0 Å². The molecule has 0 aliphatic rings. The second-order valence-electron chi connectivity index (χ2n) is 1.48. The van der Waals surface area contributed by atoms with Crippen LogP contribution in [0.15, 0.2) is 0 Å². The minimum atomic E-state index is -2.65. The van der Waals surface area contributed by atoms with Crippen LogP contribution in [0.1, 0.15) is 13.8 Å². The van der Waals surface area contributed by atoms with Gasteiger partial charge in [0.15, 0.2) is 7.37 Å². The summed E-state index contributed by atoms with van der Waals surface area (Å²) in [6.45, 7) is 3.45. The molecule has 54 valence electrons. The third-order valence-corrected chi connectivity index (χ3v) is 2.96. The Morgan fingerprint density at radius 1 is 1.33 bits per heavy atom. The van der Waals surface area contributed by atoms with Crippen molar-refractivity contribution in [2.24, 2.45) is 0 Å². The van der Waals surface area contributed by atoms with Crippen LogP contribution in [0.25, 0.3) is 0 Å². The first-order valence-electron chi connectivity index (χ1n) is 2.63. The van der Waals surface area contributed by atoms with Crippen molar-refractivity contribution in [3.05, 3.63) is 0 Å². The Balaban J connectivity index is 0. The van der Waals surface area contributed by atoms with Crippen LogP contribution in [0.2, 0.25) is 0 Å². The molecule has 0 saturated carbocycles. The molecule has 0 radical (unpaired) electrons. The van der Waals surface area contributed by atoms with Gasteiger partial charge in [-0.05, 0) is 0 Å². The van der Waals surface area contributed by atoms with Crippen molar-refractivity contribution in [2.45, 2.75) is 13.8 Å². The van der Waals surface area contributed by atoms with E-state index in [0.29, 0.717) is 12.3 Å². The van der Waals surface area contributed by atoms with Gasteiger partial charge in [-0.15, -0.1) is 0 Å². The Kier molecular flexibility index (Phi) is 9.39.